The molecule has 0 aliphatic carbocycles. The number of H-pyrrole nitrogens is 1. The van der Waals surface area contributed by atoms with Crippen LogP contribution in [0.2, 0.25) is 0 Å². The Bertz CT molecular complexity index is 866. The number of aromatic nitrogens is 2. The van der Waals surface area contributed by atoms with E-state index in [1.165, 1.54) is 10.1 Å². The average Bonchev–Trinajstić information content (AvgIpc) is 2.97. The van der Waals surface area contributed by atoms with Gasteiger partial charge in [0.15, 0.2) is 0 Å². The zero-order chi connectivity index (χ0) is 18.4. The minimum absolute atomic E-state index is 0.0244. The van der Waals surface area contributed by atoms with Crippen LogP contribution < -0.4 is 5.69 Å². The maximum absolute atomic E-state index is 12.2. The third-order valence-corrected chi connectivity index (χ3v) is 4.97. The molecule has 1 atom stereocenters. The SMILES string of the molecule is CCC(CCCCn1c(O)c(-c2ccccc2)[nH]c1=O)c1ccccc1. The van der Waals surface area contributed by atoms with E-state index in [0.29, 0.717) is 18.2 Å². The Hall–Kier alpha value is -2.75. The normalized spacial score (nSPS) is 12.2. The number of nitrogens with one attached hydrogen (secondary N) is 1. The summed E-state index contributed by atoms with van der Waals surface area (Å²) in [5.74, 6) is 0.573. The highest BCUT2D eigenvalue weighted by Gasteiger charge is 2.14. The third-order valence-electron chi connectivity index (χ3n) is 4.97. The molecule has 3 aromatic rings. The first-order chi connectivity index (χ1) is 12.7. The van der Waals surface area contributed by atoms with Crippen LogP contribution in [0.25, 0.3) is 11.3 Å². The lowest BCUT2D eigenvalue weighted by molar-refractivity contribution is 0.405. The molecule has 1 aromatic heterocycles. The molecule has 0 aliphatic heterocycles. The van der Waals surface area contributed by atoms with E-state index >= 15 is 0 Å². The van der Waals surface area contributed by atoms with Crippen molar-refractivity contribution in [1.29, 1.82) is 0 Å². The van der Waals surface area contributed by atoms with E-state index in [9.17, 15) is 9.90 Å². The van der Waals surface area contributed by atoms with Crippen molar-refractivity contribution in [2.45, 2.75) is 45.1 Å². The van der Waals surface area contributed by atoms with Crippen LogP contribution in [0.5, 0.6) is 5.88 Å². The van der Waals surface area contributed by atoms with Gasteiger partial charge in [-0.3, -0.25) is 4.57 Å². The van der Waals surface area contributed by atoms with Crippen molar-refractivity contribution in [2.75, 3.05) is 0 Å². The summed E-state index contributed by atoms with van der Waals surface area (Å²) < 4.78 is 1.44. The minimum Gasteiger partial charge on any atom is -0.493 e. The molecule has 136 valence electrons. The van der Waals surface area contributed by atoms with Crippen molar-refractivity contribution >= 4 is 0 Å². The van der Waals surface area contributed by atoms with Gasteiger partial charge < -0.3 is 10.1 Å². The van der Waals surface area contributed by atoms with E-state index in [1.807, 2.05) is 36.4 Å². The largest absolute Gasteiger partial charge is 0.493 e. The summed E-state index contributed by atoms with van der Waals surface area (Å²) >= 11 is 0. The Morgan fingerprint density at radius 1 is 1.00 bits per heavy atom. The molecule has 0 spiro atoms. The fraction of sp³-hybridized carbons (Fsp3) is 0.318. The summed E-state index contributed by atoms with van der Waals surface area (Å²) in [4.78, 5) is 15.0. The summed E-state index contributed by atoms with van der Waals surface area (Å²) in [6, 6.07) is 20.0. The number of hydrogen-bond donors (Lipinski definition) is 2. The second-order valence-corrected chi connectivity index (χ2v) is 6.66. The van der Waals surface area contributed by atoms with Crippen molar-refractivity contribution in [2.24, 2.45) is 0 Å². The van der Waals surface area contributed by atoms with Gasteiger partial charge in [-0.05, 0) is 30.7 Å². The lowest BCUT2D eigenvalue weighted by Crippen LogP contribution is -2.16. The number of aromatic hydroxyl groups is 1. The van der Waals surface area contributed by atoms with E-state index in [1.54, 1.807) is 0 Å². The van der Waals surface area contributed by atoms with Crippen LogP contribution in [0.3, 0.4) is 0 Å². The number of unbranched alkanes of at least 4 members (excludes halogenated alkanes) is 1. The predicted octanol–water partition coefficient (Wildman–Crippen LogP) is 4.91. The second-order valence-electron chi connectivity index (χ2n) is 6.66. The van der Waals surface area contributed by atoms with Crippen LogP contribution in [0.15, 0.2) is 65.5 Å². The molecular formula is C22H26N2O2. The molecule has 3 rings (SSSR count). The molecule has 2 aromatic carbocycles. The van der Waals surface area contributed by atoms with Gasteiger partial charge in [0.1, 0.15) is 5.69 Å². The van der Waals surface area contributed by atoms with Gasteiger partial charge in [0, 0.05) is 12.1 Å². The van der Waals surface area contributed by atoms with E-state index in [0.717, 1.165) is 31.2 Å². The maximum Gasteiger partial charge on any atom is 0.328 e. The number of benzene rings is 2. The monoisotopic (exact) mass is 350 g/mol. The number of hydrogen-bond acceptors (Lipinski definition) is 2. The van der Waals surface area contributed by atoms with Crippen molar-refractivity contribution in [3.63, 3.8) is 0 Å². The highest BCUT2D eigenvalue weighted by molar-refractivity contribution is 5.64. The smallest absolute Gasteiger partial charge is 0.328 e. The number of aromatic amines is 1. The molecule has 4 nitrogen and oxygen atoms in total. The van der Waals surface area contributed by atoms with Crippen molar-refractivity contribution in [3.05, 3.63) is 76.7 Å². The zero-order valence-electron chi connectivity index (χ0n) is 15.2. The van der Waals surface area contributed by atoms with E-state index in [2.05, 4.69) is 36.2 Å². The summed E-state index contributed by atoms with van der Waals surface area (Å²) in [7, 11) is 0. The predicted molar refractivity (Wildman–Crippen MR) is 105 cm³/mol. The van der Waals surface area contributed by atoms with Crippen LogP contribution in [0.1, 0.15) is 44.1 Å². The van der Waals surface area contributed by atoms with E-state index in [4.69, 9.17) is 0 Å². The van der Waals surface area contributed by atoms with Gasteiger partial charge >= 0.3 is 5.69 Å². The molecule has 0 amide bonds. The number of rotatable bonds is 8. The summed E-state index contributed by atoms with van der Waals surface area (Å²) in [6.07, 6.45) is 4.08. The lowest BCUT2D eigenvalue weighted by atomic mass is 9.91. The van der Waals surface area contributed by atoms with Crippen molar-refractivity contribution in [1.82, 2.24) is 9.55 Å². The molecular weight excluding hydrogens is 324 g/mol. The Morgan fingerprint density at radius 3 is 2.31 bits per heavy atom. The van der Waals surface area contributed by atoms with Gasteiger partial charge in [-0.15, -0.1) is 0 Å². The zero-order valence-corrected chi connectivity index (χ0v) is 15.2. The lowest BCUT2D eigenvalue weighted by Gasteiger charge is -2.15. The maximum atomic E-state index is 12.2. The van der Waals surface area contributed by atoms with Crippen LogP contribution in [-0.2, 0) is 6.54 Å². The summed E-state index contributed by atoms with van der Waals surface area (Å²) in [5, 5.41) is 10.4. The molecule has 1 unspecified atom stereocenters. The molecule has 0 saturated carbocycles. The Kier molecular flexibility index (Phi) is 5.95. The Balaban J connectivity index is 1.60. The molecule has 4 heteroatoms. The van der Waals surface area contributed by atoms with Gasteiger partial charge in [0.25, 0.3) is 0 Å². The molecule has 0 radical (unpaired) electrons. The fourth-order valence-corrected chi connectivity index (χ4v) is 3.47. The Labute approximate surface area is 154 Å². The van der Waals surface area contributed by atoms with Crippen LogP contribution in [0, 0.1) is 0 Å². The molecule has 0 fully saturated rings. The molecule has 0 saturated heterocycles. The summed E-state index contributed by atoms with van der Waals surface area (Å²) in [6.45, 7) is 2.74. The standard InChI is InChI=1S/C22H26N2O2/c1-2-17(18-12-5-3-6-13-18)11-9-10-16-24-21(25)20(23-22(24)26)19-14-7-4-8-15-19/h3-8,12-15,17,25H,2,9-11,16H2,1H3,(H,23,26). The highest BCUT2D eigenvalue weighted by atomic mass is 16.3. The molecule has 0 aliphatic rings. The molecule has 0 bridgehead atoms. The van der Waals surface area contributed by atoms with Gasteiger partial charge in [-0.1, -0.05) is 74.0 Å². The quantitative estimate of drug-likeness (QED) is 0.567. The molecule has 2 N–H and O–H groups in total. The first kappa shape index (κ1) is 18.1. The van der Waals surface area contributed by atoms with Gasteiger partial charge in [-0.2, -0.15) is 0 Å². The first-order valence-corrected chi connectivity index (χ1v) is 9.32. The van der Waals surface area contributed by atoms with Gasteiger partial charge in [0.2, 0.25) is 5.88 Å². The molecule has 1 heterocycles. The van der Waals surface area contributed by atoms with Crippen LogP contribution in [0.4, 0.5) is 0 Å². The topological polar surface area (TPSA) is 58.0 Å². The Morgan fingerprint density at radius 2 is 1.65 bits per heavy atom. The van der Waals surface area contributed by atoms with Gasteiger partial charge in [-0.25, -0.2) is 4.79 Å². The highest BCUT2D eigenvalue weighted by Crippen LogP contribution is 2.27. The second kappa shape index (κ2) is 8.56. The number of nitrogens with zero attached hydrogens (tertiary/aromatic N) is 1. The summed E-state index contributed by atoms with van der Waals surface area (Å²) in [5.41, 5.74) is 2.43. The third kappa shape index (κ3) is 4.07. The molecule has 26 heavy (non-hydrogen) atoms. The van der Waals surface area contributed by atoms with Crippen molar-refractivity contribution < 1.29 is 5.11 Å². The number of imidazole rings is 1. The van der Waals surface area contributed by atoms with Crippen molar-refractivity contribution in [3.8, 4) is 17.1 Å². The first-order valence-electron chi connectivity index (χ1n) is 9.32. The van der Waals surface area contributed by atoms with Crippen LogP contribution in [-0.4, -0.2) is 14.7 Å². The average molecular weight is 350 g/mol. The van der Waals surface area contributed by atoms with E-state index in [-0.39, 0.29) is 11.6 Å². The van der Waals surface area contributed by atoms with Gasteiger partial charge in [0.05, 0.1) is 0 Å². The minimum atomic E-state index is -0.253. The fourth-order valence-electron chi connectivity index (χ4n) is 3.47. The van der Waals surface area contributed by atoms with Crippen LogP contribution >= 0.6 is 0 Å². The van der Waals surface area contributed by atoms with E-state index < -0.39 is 0 Å².